The van der Waals surface area contributed by atoms with Crippen LogP contribution in [0.25, 0.3) is 11.3 Å². The van der Waals surface area contributed by atoms with Crippen LogP contribution < -0.4 is 10.4 Å². The minimum atomic E-state index is -1.09. The molecule has 1 amide bonds. The maximum atomic E-state index is 12.9. The van der Waals surface area contributed by atoms with Crippen LogP contribution in [0, 0.1) is 30.6 Å². The molecule has 2 aliphatic rings. The zero-order chi connectivity index (χ0) is 20.0. The first kappa shape index (κ1) is 19.1. The number of aromatic nitrogens is 1. The zero-order valence-electron chi connectivity index (χ0n) is 16.4. The lowest BCUT2D eigenvalue weighted by molar-refractivity contribution is -0.314. The lowest BCUT2D eigenvalue weighted by Gasteiger charge is -2.30. The molecule has 4 rings (SSSR count). The van der Waals surface area contributed by atoms with Crippen LogP contribution in [0.2, 0.25) is 0 Å². The van der Waals surface area contributed by atoms with E-state index in [1.165, 1.54) is 16.9 Å². The van der Waals surface area contributed by atoms with E-state index >= 15 is 0 Å². The standard InChI is InChI=1S/C22H26N2O3S/c1-11(2)13-4-6-14(7-5-13)19-12(3)28-22(23-19)24-20(25)17-15-8-9-16(10-15)18(17)21(26)27/h4-7,11,15-18H,8-10H2,1-3H3,(H,26,27)(H,23,24,25)/p-1/t15-,16-,17+,18-/m0/s1. The number of aliphatic carboxylic acids is 1. The molecule has 148 valence electrons. The van der Waals surface area contributed by atoms with E-state index in [1.807, 2.05) is 6.92 Å². The summed E-state index contributed by atoms with van der Waals surface area (Å²) in [4.78, 5) is 30.1. The van der Waals surface area contributed by atoms with Crippen LogP contribution >= 0.6 is 11.3 Å². The Balaban J connectivity index is 1.52. The lowest BCUT2D eigenvalue weighted by atomic mass is 9.79. The molecule has 2 fully saturated rings. The summed E-state index contributed by atoms with van der Waals surface area (Å²) in [6, 6.07) is 8.34. The molecule has 28 heavy (non-hydrogen) atoms. The van der Waals surface area contributed by atoms with Crippen molar-refractivity contribution in [2.24, 2.45) is 23.7 Å². The molecule has 0 aliphatic heterocycles. The van der Waals surface area contributed by atoms with Gasteiger partial charge in [-0.25, -0.2) is 4.98 Å². The number of carboxylic acids is 1. The number of benzene rings is 1. The van der Waals surface area contributed by atoms with E-state index in [0.717, 1.165) is 35.4 Å². The Bertz CT molecular complexity index is 903. The molecule has 1 aromatic heterocycles. The highest BCUT2D eigenvalue weighted by atomic mass is 32.1. The largest absolute Gasteiger partial charge is 0.550 e. The summed E-state index contributed by atoms with van der Waals surface area (Å²) in [7, 11) is 0. The minimum absolute atomic E-state index is 0.0822. The van der Waals surface area contributed by atoms with Crippen molar-refractivity contribution in [3.05, 3.63) is 34.7 Å². The third kappa shape index (κ3) is 3.34. The summed E-state index contributed by atoms with van der Waals surface area (Å²) in [5.41, 5.74) is 3.15. The Kier molecular flexibility index (Phi) is 5.00. The van der Waals surface area contributed by atoms with Crippen LogP contribution in [0.1, 0.15) is 49.5 Å². The molecule has 1 N–H and O–H groups in total. The molecule has 2 aliphatic carbocycles. The van der Waals surface area contributed by atoms with E-state index in [4.69, 9.17) is 0 Å². The monoisotopic (exact) mass is 397 g/mol. The van der Waals surface area contributed by atoms with Crippen molar-refractivity contribution >= 4 is 28.3 Å². The highest BCUT2D eigenvalue weighted by Crippen LogP contribution is 2.52. The van der Waals surface area contributed by atoms with E-state index in [9.17, 15) is 14.7 Å². The van der Waals surface area contributed by atoms with Crippen molar-refractivity contribution in [3.8, 4) is 11.3 Å². The van der Waals surface area contributed by atoms with Crippen LogP contribution in [0.5, 0.6) is 0 Å². The highest BCUT2D eigenvalue weighted by molar-refractivity contribution is 7.16. The van der Waals surface area contributed by atoms with Crippen LogP contribution in [0.3, 0.4) is 0 Å². The molecule has 5 nitrogen and oxygen atoms in total. The number of aryl methyl sites for hydroxylation is 1. The summed E-state index contributed by atoms with van der Waals surface area (Å²) in [6.45, 7) is 6.30. The number of rotatable bonds is 5. The maximum absolute atomic E-state index is 12.9. The first-order valence-electron chi connectivity index (χ1n) is 9.94. The van der Waals surface area contributed by atoms with Gasteiger partial charge in [0.25, 0.3) is 0 Å². The number of anilines is 1. The first-order valence-corrected chi connectivity index (χ1v) is 10.8. The second-order valence-corrected chi connectivity index (χ2v) is 9.60. The smallest absolute Gasteiger partial charge is 0.230 e. The fraction of sp³-hybridized carbons (Fsp3) is 0.500. The molecule has 2 bridgehead atoms. The number of hydrogen-bond donors (Lipinski definition) is 1. The Hall–Kier alpha value is -2.21. The third-order valence-electron chi connectivity index (χ3n) is 6.37. The Labute approximate surface area is 169 Å². The summed E-state index contributed by atoms with van der Waals surface area (Å²) < 4.78 is 0. The van der Waals surface area contributed by atoms with Gasteiger partial charge in [0.2, 0.25) is 5.91 Å². The number of fused-ring (bicyclic) bond motifs is 2. The summed E-state index contributed by atoms with van der Waals surface area (Å²) >= 11 is 1.43. The van der Waals surface area contributed by atoms with Gasteiger partial charge in [0.05, 0.1) is 5.69 Å². The van der Waals surface area contributed by atoms with E-state index in [2.05, 4.69) is 48.4 Å². The first-order chi connectivity index (χ1) is 13.3. The average molecular weight is 398 g/mol. The second kappa shape index (κ2) is 7.32. The summed E-state index contributed by atoms with van der Waals surface area (Å²) in [5.74, 6) is -1.77. The number of carboxylic acid groups (broad SMARTS) is 1. The van der Waals surface area contributed by atoms with Gasteiger partial charge in [-0.3, -0.25) is 4.79 Å². The van der Waals surface area contributed by atoms with E-state index < -0.39 is 17.8 Å². The molecule has 1 aromatic carbocycles. The number of carbonyl (C=O) groups excluding carboxylic acids is 2. The second-order valence-electron chi connectivity index (χ2n) is 8.39. The molecular formula is C22H25N2O3S-. The molecule has 4 atom stereocenters. The fourth-order valence-corrected chi connectivity index (χ4v) is 5.78. The van der Waals surface area contributed by atoms with Gasteiger partial charge in [-0.2, -0.15) is 0 Å². The highest BCUT2D eigenvalue weighted by Gasteiger charge is 2.51. The molecule has 2 saturated carbocycles. The Morgan fingerprint density at radius 2 is 1.79 bits per heavy atom. The Morgan fingerprint density at radius 1 is 1.14 bits per heavy atom. The van der Waals surface area contributed by atoms with Crippen molar-refractivity contribution in [1.82, 2.24) is 4.98 Å². The van der Waals surface area contributed by atoms with Gasteiger partial charge in [-0.15, -0.1) is 11.3 Å². The molecule has 0 unspecified atom stereocenters. The third-order valence-corrected chi connectivity index (χ3v) is 7.26. The quantitative estimate of drug-likeness (QED) is 0.836. The average Bonchev–Trinajstić information content (AvgIpc) is 3.35. The number of carbonyl (C=O) groups is 2. The van der Waals surface area contributed by atoms with E-state index in [0.29, 0.717) is 11.0 Å². The van der Waals surface area contributed by atoms with Crippen LogP contribution in [0.4, 0.5) is 5.13 Å². The SMILES string of the molecule is Cc1sc(NC(=O)[C@@H]2[C@H]3CC[C@@H](C3)[C@@H]2C(=O)[O-])nc1-c1ccc(C(C)C)cc1. The summed E-state index contributed by atoms with van der Waals surface area (Å²) in [5, 5.41) is 15.0. The molecule has 0 spiro atoms. The van der Waals surface area contributed by atoms with Crippen molar-refractivity contribution in [1.29, 1.82) is 0 Å². The fourth-order valence-electron chi connectivity index (χ4n) is 4.94. The molecule has 6 heteroatoms. The lowest BCUT2D eigenvalue weighted by Crippen LogP contribution is -2.43. The predicted molar refractivity (Wildman–Crippen MR) is 108 cm³/mol. The Morgan fingerprint density at radius 3 is 2.39 bits per heavy atom. The number of thiazole rings is 1. The van der Waals surface area contributed by atoms with Crippen molar-refractivity contribution in [3.63, 3.8) is 0 Å². The maximum Gasteiger partial charge on any atom is 0.230 e. The van der Waals surface area contributed by atoms with Crippen molar-refractivity contribution in [2.45, 2.75) is 46.0 Å². The zero-order valence-corrected chi connectivity index (χ0v) is 17.2. The van der Waals surface area contributed by atoms with Gasteiger partial charge in [0.1, 0.15) is 0 Å². The summed E-state index contributed by atoms with van der Waals surface area (Å²) in [6.07, 6.45) is 2.64. The van der Waals surface area contributed by atoms with Gasteiger partial charge in [-0.1, -0.05) is 38.1 Å². The van der Waals surface area contributed by atoms with Crippen LogP contribution in [-0.4, -0.2) is 16.9 Å². The predicted octanol–water partition coefficient (Wildman–Crippen LogP) is 3.59. The normalized spacial score (nSPS) is 26.0. The van der Waals surface area contributed by atoms with Crippen LogP contribution in [-0.2, 0) is 9.59 Å². The number of nitrogens with zero attached hydrogens (tertiary/aromatic N) is 1. The molecule has 1 heterocycles. The van der Waals surface area contributed by atoms with Gasteiger partial charge >= 0.3 is 0 Å². The molecule has 0 radical (unpaired) electrons. The number of nitrogens with one attached hydrogen (secondary N) is 1. The molecule has 0 saturated heterocycles. The van der Waals surface area contributed by atoms with Gasteiger partial charge in [0, 0.05) is 28.2 Å². The van der Waals surface area contributed by atoms with Crippen LogP contribution in [0.15, 0.2) is 24.3 Å². The van der Waals surface area contributed by atoms with Gasteiger partial charge in [-0.05, 0) is 49.5 Å². The number of hydrogen-bond acceptors (Lipinski definition) is 5. The van der Waals surface area contributed by atoms with Crippen molar-refractivity contribution < 1.29 is 14.7 Å². The minimum Gasteiger partial charge on any atom is -0.550 e. The topological polar surface area (TPSA) is 82.1 Å². The van der Waals surface area contributed by atoms with E-state index in [-0.39, 0.29) is 17.7 Å². The van der Waals surface area contributed by atoms with E-state index in [1.54, 1.807) is 0 Å². The van der Waals surface area contributed by atoms with Gasteiger partial charge in [0.15, 0.2) is 5.13 Å². The van der Waals surface area contributed by atoms with Crippen molar-refractivity contribution in [2.75, 3.05) is 5.32 Å². The molecular weight excluding hydrogens is 372 g/mol. The molecule has 2 aromatic rings. The van der Waals surface area contributed by atoms with Gasteiger partial charge < -0.3 is 15.2 Å². The number of amides is 1.